The molecule has 0 saturated carbocycles. The molecule has 0 unspecified atom stereocenters. The second-order valence-electron chi connectivity index (χ2n) is 13.0. The summed E-state index contributed by atoms with van der Waals surface area (Å²) in [6.07, 6.45) is 5.05. The molecule has 0 aliphatic carbocycles. The number of carbonyl (C=O) groups is 1. The molecule has 0 aromatic heterocycles. The van der Waals surface area contributed by atoms with Crippen LogP contribution in [0.3, 0.4) is 0 Å². The van der Waals surface area contributed by atoms with Crippen molar-refractivity contribution >= 4 is 5.78 Å². The minimum Gasteiger partial charge on any atom is -0.487 e. The van der Waals surface area contributed by atoms with Gasteiger partial charge >= 0.3 is 0 Å². The SMILES string of the molecule is CC(C)(CC(=O)C(C)(C)N1CCC(CCc2ccccc2)CC1)Oc1ccccc1C(C)(C)c1ccccc1. The second kappa shape index (κ2) is 12.1. The lowest BCUT2D eigenvalue weighted by atomic mass is 9.77. The Bertz CT molecular complexity index is 1210. The van der Waals surface area contributed by atoms with Gasteiger partial charge in [0.05, 0.1) is 5.54 Å². The summed E-state index contributed by atoms with van der Waals surface area (Å²) in [5, 5.41) is 0. The third-order valence-electron chi connectivity index (χ3n) is 8.80. The van der Waals surface area contributed by atoms with Crippen molar-refractivity contribution in [3.05, 3.63) is 102 Å². The Labute approximate surface area is 236 Å². The summed E-state index contributed by atoms with van der Waals surface area (Å²) >= 11 is 0. The molecule has 0 radical (unpaired) electrons. The van der Waals surface area contributed by atoms with E-state index in [1.54, 1.807) is 0 Å². The summed E-state index contributed by atoms with van der Waals surface area (Å²) in [7, 11) is 0. The van der Waals surface area contributed by atoms with Gasteiger partial charge in [-0.15, -0.1) is 0 Å². The van der Waals surface area contributed by atoms with Crippen LogP contribution in [0.4, 0.5) is 0 Å². The fourth-order valence-corrected chi connectivity index (χ4v) is 5.99. The minimum absolute atomic E-state index is 0.220. The van der Waals surface area contributed by atoms with Crippen molar-refractivity contribution in [3.8, 4) is 5.75 Å². The number of carbonyl (C=O) groups excluding carboxylic acids is 1. The zero-order valence-electron chi connectivity index (χ0n) is 24.9. The molecule has 39 heavy (non-hydrogen) atoms. The van der Waals surface area contributed by atoms with Crippen LogP contribution in [0, 0.1) is 5.92 Å². The molecular formula is C36H47NO2. The number of para-hydroxylation sites is 1. The van der Waals surface area contributed by atoms with Crippen LogP contribution in [-0.2, 0) is 16.6 Å². The van der Waals surface area contributed by atoms with Gasteiger partial charge in [0.1, 0.15) is 11.4 Å². The number of hydrogen-bond donors (Lipinski definition) is 0. The van der Waals surface area contributed by atoms with Gasteiger partial charge < -0.3 is 4.74 Å². The van der Waals surface area contributed by atoms with Gasteiger partial charge in [0.25, 0.3) is 0 Å². The fourth-order valence-electron chi connectivity index (χ4n) is 5.99. The lowest BCUT2D eigenvalue weighted by Gasteiger charge is -2.43. The number of ether oxygens (including phenoxy) is 1. The van der Waals surface area contributed by atoms with E-state index in [1.807, 2.05) is 32.0 Å². The van der Waals surface area contributed by atoms with Crippen LogP contribution in [0.15, 0.2) is 84.9 Å². The van der Waals surface area contributed by atoms with E-state index in [0.717, 1.165) is 49.6 Å². The molecule has 3 nitrogen and oxygen atoms in total. The molecule has 3 aromatic carbocycles. The molecule has 1 fully saturated rings. The maximum atomic E-state index is 13.7. The van der Waals surface area contributed by atoms with Gasteiger partial charge in [-0.1, -0.05) is 92.7 Å². The summed E-state index contributed by atoms with van der Waals surface area (Å²) in [6, 6.07) is 29.6. The van der Waals surface area contributed by atoms with E-state index in [0.29, 0.717) is 6.42 Å². The Kier molecular flexibility index (Phi) is 9.01. The largest absolute Gasteiger partial charge is 0.487 e. The predicted octanol–water partition coefficient (Wildman–Crippen LogP) is 8.25. The van der Waals surface area contributed by atoms with Crippen molar-refractivity contribution in [1.82, 2.24) is 4.90 Å². The first-order chi connectivity index (χ1) is 18.5. The molecule has 208 valence electrons. The number of nitrogens with zero attached hydrogens (tertiary/aromatic N) is 1. The van der Waals surface area contributed by atoms with Crippen molar-refractivity contribution in [1.29, 1.82) is 0 Å². The number of likely N-dealkylation sites (tertiary alicyclic amines) is 1. The Balaban J connectivity index is 1.37. The van der Waals surface area contributed by atoms with Crippen molar-refractivity contribution in [2.45, 2.75) is 90.2 Å². The van der Waals surface area contributed by atoms with E-state index in [4.69, 9.17) is 4.74 Å². The molecule has 1 saturated heterocycles. The van der Waals surface area contributed by atoms with Crippen LogP contribution in [0.2, 0.25) is 0 Å². The smallest absolute Gasteiger partial charge is 0.156 e. The molecule has 0 bridgehead atoms. The molecule has 1 aliphatic rings. The standard InChI is InChI=1S/C36H47NO2/c1-34(2,39-32-20-14-13-19-31(32)35(3,4)30-17-11-8-12-18-30)27-33(38)36(5,6)37-25-23-29(24-26-37)22-21-28-15-9-7-10-16-28/h7-20,29H,21-27H2,1-6H3. The summed E-state index contributed by atoms with van der Waals surface area (Å²) in [4.78, 5) is 16.1. The highest BCUT2D eigenvalue weighted by molar-refractivity contribution is 5.88. The van der Waals surface area contributed by atoms with E-state index in [9.17, 15) is 4.79 Å². The van der Waals surface area contributed by atoms with Gasteiger partial charge in [-0.3, -0.25) is 9.69 Å². The van der Waals surface area contributed by atoms with Gasteiger partial charge in [0.2, 0.25) is 0 Å². The Morgan fingerprint density at radius 3 is 2.00 bits per heavy atom. The van der Waals surface area contributed by atoms with E-state index in [1.165, 1.54) is 17.5 Å². The average molecular weight is 526 g/mol. The Hall–Kier alpha value is -2.91. The molecule has 4 rings (SSSR count). The predicted molar refractivity (Wildman–Crippen MR) is 162 cm³/mol. The molecule has 0 N–H and O–H groups in total. The molecular weight excluding hydrogens is 478 g/mol. The molecule has 0 amide bonds. The lowest BCUT2D eigenvalue weighted by Crippen LogP contribution is -2.54. The summed E-state index contributed by atoms with van der Waals surface area (Å²) in [5.41, 5.74) is 2.45. The van der Waals surface area contributed by atoms with Crippen LogP contribution >= 0.6 is 0 Å². The number of piperidine rings is 1. The minimum atomic E-state index is -0.620. The van der Waals surface area contributed by atoms with Crippen molar-refractivity contribution in [3.63, 3.8) is 0 Å². The molecule has 1 aliphatic heterocycles. The lowest BCUT2D eigenvalue weighted by molar-refractivity contribution is -0.133. The maximum absolute atomic E-state index is 13.7. The molecule has 3 aromatic rings. The van der Waals surface area contributed by atoms with Gasteiger partial charge in [-0.25, -0.2) is 0 Å². The number of hydrogen-bond acceptors (Lipinski definition) is 3. The van der Waals surface area contributed by atoms with E-state index >= 15 is 0 Å². The maximum Gasteiger partial charge on any atom is 0.156 e. The Morgan fingerprint density at radius 2 is 1.36 bits per heavy atom. The zero-order valence-corrected chi connectivity index (χ0v) is 24.9. The topological polar surface area (TPSA) is 29.5 Å². The van der Waals surface area contributed by atoms with Crippen molar-refractivity contribution in [2.24, 2.45) is 5.92 Å². The molecule has 1 heterocycles. The first-order valence-corrected chi connectivity index (χ1v) is 14.7. The van der Waals surface area contributed by atoms with Gasteiger partial charge in [-0.2, -0.15) is 0 Å². The molecule has 3 heteroatoms. The number of benzene rings is 3. The average Bonchev–Trinajstić information content (AvgIpc) is 2.93. The number of rotatable bonds is 11. The second-order valence-corrected chi connectivity index (χ2v) is 13.0. The quantitative estimate of drug-likeness (QED) is 0.252. The number of aryl methyl sites for hydroxylation is 1. The van der Waals surface area contributed by atoms with Gasteiger partial charge in [0, 0.05) is 17.4 Å². The molecule has 0 spiro atoms. The van der Waals surface area contributed by atoms with E-state index in [-0.39, 0.29) is 11.2 Å². The van der Waals surface area contributed by atoms with E-state index in [2.05, 4.69) is 99.3 Å². The highest BCUT2D eigenvalue weighted by atomic mass is 16.5. The first kappa shape index (κ1) is 29.1. The van der Waals surface area contributed by atoms with E-state index < -0.39 is 11.1 Å². The zero-order chi connectivity index (χ0) is 28.1. The van der Waals surface area contributed by atoms with Crippen molar-refractivity contribution in [2.75, 3.05) is 13.1 Å². The van der Waals surface area contributed by atoms with Gasteiger partial charge in [0.15, 0.2) is 5.78 Å². The van der Waals surface area contributed by atoms with Crippen LogP contribution in [0.1, 0.15) is 83.9 Å². The fraction of sp³-hybridized carbons (Fsp3) is 0.472. The van der Waals surface area contributed by atoms with Crippen molar-refractivity contribution < 1.29 is 9.53 Å². The summed E-state index contributed by atoms with van der Waals surface area (Å²) in [5.74, 6) is 1.83. The summed E-state index contributed by atoms with van der Waals surface area (Å²) < 4.78 is 6.65. The third-order valence-corrected chi connectivity index (χ3v) is 8.80. The summed E-state index contributed by atoms with van der Waals surface area (Å²) in [6.45, 7) is 14.7. The van der Waals surface area contributed by atoms with Crippen LogP contribution in [0.25, 0.3) is 0 Å². The molecule has 0 atom stereocenters. The normalized spacial score (nSPS) is 15.7. The van der Waals surface area contributed by atoms with Crippen LogP contribution in [0.5, 0.6) is 5.75 Å². The Morgan fingerprint density at radius 1 is 0.795 bits per heavy atom. The van der Waals surface area contributed by atoms with Crippen LogP contribution in [-0.4, -0.2) is 34.9 Å². The number of Topliss-reactive ketones (excluding diaryl/α,β-unsaturated/α-hetero) is 1. The van der Waals surface area contributed by atoms with Crippen LogP contribution < -0.4 is 4.74 Å². The third kappa shape index (κ3) is 7.19. The number of ketones is 1. The van der Waals surface area contributed by atoms with Gasteiger partial charge in [-0.05, 0) is 89.6 Å². The highest BCUT2D eigenvalue weighted by Gasteiger charge is 2.40. The monoisotopic (exact) mass is 525 g/mol. The first-order valence-electron chi connectivity index (χ1n) is 14.7. The highest BCUT2D eigenvalue weighted by Crippen LogP contribution is 2.39.